The van der Waals surface area contributed by atoms with Gasteiger partial charge in [0, 0.05) is 10.9 Å². The molecular formula is C19H15FN4O2S. The summed E-state index contributed by atoms with van der Waals surface area (Å²) in [6, 6.07) is 13.6. The summed E-state index contributed by atoms with van der Waals surface area (Å²) in [5.74, 6) is 0.207. The quantitative estimate of drug-likeness (QED) is 0.568. The van der Waals surface area contributed by atoms with Crippen LogP contribution < -0.4 is 10.1 Å². The summed E-state index contributed by atoms with van der Waals surface area (Å²) in [7, 11) is 0. The molecule has 0 atom stereocenters. The lowest BCUT2D eigenvalue weighted by molar-refractivity contribution is -0.118. The van der Waals surface area contributed by atoms with Crippen LogP contribution in [-0.2, 0) is 4.79 Å². The molecule has 0 unspecified atom stereocenters. The molecule has 0 spiro atoms. The summed E-state index contributed by atoms with van der Waals surface area (Å²) in [5.41, 5.74) is 2.54. The number of rotatable bonds is 5. The van der Waals surface area contributed by atoms with Crippen LogP contribution in [0.2, 0.25) is 0 Å². The number of aromatic nitrogens is 3. The number of thiazole rings is 1. The van der Waals surface area contributed by atoms with E-state index < -0.39 is 0 Å². The van der Waals surface area contributed by atoms with Crippen LogP contribution >= 0.6 is 11.3 Å². The minimum Gasteiger partial charge on any atom is -0.483 e. The Morgan fingerprint density at radius 2 is 2.00 bits per heavy atom. The van der Waals surface area contributed by atoms with Crippen LogP contribution in [0.15, 0.2) is 53.9 Å². The summed E-state index contributed by atoms with van der Waals surface area (Å²) < 4.78 is 20.3. The smallest absolute Gasteiger partial charge is 0.264 e. The Labute approximate surface area is 158 Å². The molecule has 136 valence electrons. The van der Waals surface area contributed by atoms with Gasteiger partial charge < -0.3 is 4.74 Å². The maximum absolute atomic E-state index is 13.1. The van der Waals surface area contributed by atoms with Crippen molar-refractivity contribution < 1.29 is 13.9 Å². The fourth-order valence-electron chi connectivity index (χ4n) is 2.58. The topological polar surface area (TPSA) is 68.5 Å². The van der Waals surface area contributed by atoms with Crippen molar-refractivity contribution in [2.24, 2.45) is 0 Å². The van der Waals surface area contributed by atoms with Crippen molar-refractivity contribution >= 4 is 28.2 Å². The van der Waals surface area contributed by atoms with E-state index in [0.29, 0.717) is 10.7 Å². The number of halogens is 1. The molecule has 27 heavy (non-hydrogen) atoms. The number of para-hydroxylation sites is 1. The second-order valence-electron chi connectivity index (χ2n) is 5.86. The van der Waals surface area contributed by atoms with Crippen molar-refractivity contribution in [2.75, 3.05) is 11.9 Å². The van der Waals surface area contributed by atoms with Gasteiger partial charge in [-0.3, -0.25) is 10.1 Å². The fourth-order valence-corrected chi connectivity index (χ4v) is 3.41. The molecule has 8 heteroatoms. The predicted octanol–water partition coefficient (Wildman–Crippen LogP) is 3.92. The van der Waals surface area contributed by atoms with Gasteiger partial charge in [0.05, 0.1) is 5.69 Å². The number of hydrogen-bond donors (Lipinski definition) is 1. The molecule has 0 bridgehead atoms. The molecule has 0 saturated heterocycles. The van der Waals surface area contributed by atoms with Crippen LogP contribution in [-0.4, -0.2) is 27.1 Å². The van der Waals surface area contributed by atoms with Gasteiger partial charge in [-0.05, 0) is 42.8 Å². The first-order chi connectivity index (χ1) is 13.1. The number of anilines is 1. The minimum absolute atomic E-state index is 0.136. The summed E-state index contributed by atoms with van der Waals surface area (Å²) >= 11 is 1.39. The third kappa shape index (κ3) is 3.65. The van der Waals surface area contributed by atoms with Crippen LogP contribution in [0.3, 0.4) is 0 Å². The molecule has 0 fully saturated rings. The van der Waals surface area contributed by atoms with Gasteiger partial charge in [0.2, 0.25) is 4.96 Å². The highest BCUT2D eigenvalue weighted by Gasteiger charge is 2.14. The normalized spacial score (nSPS) is 10.9. The zero-order chi connectivity index (χ0) is 18.8. The van der Waals surface area contributed by atoms with Crippen LogP contribution in [0.1, 0.15) is 5.56 Å². The molecule has 2 aromatic carbocycles. The number of ether oxygens (including phenoxy) is 1. The van der Waals surface area contributed by atoms with Gasteiger partial charge in [-0.2, -0.15) is 4.98 Å². The number of fused-ring (bicyclic) bond motifs is 1. The van der Waals surface area contributed by atoms with Gasteiger partial charge in [-0.25, -0.2) is 8.91 Å². The molecule has 1 N–H and O–H groups in total. The number of aryl methyl sites for hydroxylation is 1. The van der Waals surface area contributed by atoms with Crippen molar-refractivity contribution in [1.29, 1.82) is 0 Å². The largest absolute Gasteiger partial charge is 0.483 e. The van der Waals surface area contributed by atoms with Gasteiger partial charge in [0.25, 0.3) is 11.9 Å². The Morgan fingerprint density at radius 1 is 1.22 bits per heavy atom. The lowest BCUT2D eigenvalue weighted by atomic mass is 10.2. The molecule has 2 aromatic heterocycles. The lowest BCUT2D eigenvalue weighted by Gasteiger charge is -2.07. The highest BCUT2D eigenvalue weighted by molar-refractivity contribution is 7.15. The van der Waals surface area contributed by atoms with E-state index in [9.17, 15) is 9.18 Å². The maximum atomic E-state index is 13.1. The molecule has 0 aliphatic rings. The van der Waals surface area contributed by atoms with Crippen LogP contribution in [0, 0.1) is 12.7 Å². The van der Waals surface area contributed by atoms with Crippen molar-refractivity contribution in [3.63, 3.8) is 0 Å². The second-order valence-corrected chi connectivity index (χ2v) is 6.70. The van der Waals surface area contributed by atoms with E-state index in [2.05, 4.69) is 15.4 Å². The van der Waals surface area contributed by atoms with Crippen molar-refractivity contribution in [2.45, 2.75) is 6.92 Å². The first kappa shape index (κ1) is 17.2. The zero-order valence-electron chi connectivity index (χ0n) is 14.3. The monoisotopic (exact) mass is 382 g/mol. The van der Waals surface area contributed by atoms with Gasteiger partial charge in [0.1, 0.15) is 11.6 Å². The second kappa shape index (κ2) is 7.16. The Kier molecular flexibility index (Phi) is 4.55. The number of benzene rings is 2. The Balaban J connectivity index is 1.47. The number of amides is 1. The maximum Gasteiger partial charge on any atom is 0.264 e. The van der Waals surface area contributed by atoms with Gasteiger partial charge in [0.15, 0.2) is 6.61 Å². The number of carbonyl (C=O) groups excluding carboxylic acids is 1. The average molecular weight is 382 g/mol. The predicted molar refractivity (Wildman–Crippen MR) is 102 cm³/mol. The highest BCUT2D eigenvalue weighted by atomic mass is 32.1. The van der Waals surface area contributed by atoms with E-state index in [1.165, 1.54) is 23.5 Å². The average Bonchev–Trinajstić information content (AvgIpc) is 3.22. The molecule has 1 amide bonds. The summed E-state index contributed by atoms with van der Waals surface area (Å²) in [6.45, 7) is 1.78. The third-order valence-corrected chi connectivity index (χ3v) is 4.74. The molecule has 6 nitrogen and oxygen atoms in total. The van der Waals surface area contributed by atoms with E-state index >= 15 is 0 Å². The molecule has 4 aromatic rings. The number of carbonyl (C=O) groups is 1. The third-order valence-electron chi connectivity index (χ3n) is 3.93. The van der Waals surface area contributed by atoms with Crippen molar-refractivity contribution in [3.05, 3.63) is 65.3 Å². The van der Waals surface area contributed by atoms with E-state index in [1.54, 1.807) is 16.6 Å². The van der Waals surface area contributed by atoms with E-state index in [4.69, 9.17) is 4.74 Å². The summed E-state index contributed by atoms with van der Waals surface area (Å²) in [4.78, 5) is 17.1. The van der Waals surface area contributed by atoms with Crippen LogP contribution in [0.25, 0.3) is 16.2 Å². The summed E-state index contributed by atoms with van der Waals surface area (Å²) in [5, 5.41) is 8.84. The van der Waals surface area contributed by atoms with Crippen molar-refractivity contribution in [3.8, 4) is 17.0 Å². The van der Waals surface area contributed by atoms with Gasteiger partial charge >= 0.3 is 0 Å². The SMILES string of the molecule is Cc1ccccc1OCC(=O)Nc1nc2scc(-c3ccc(F)cc3)n2n1. The first-order valence-electron chi connectivity index (χ1n) is 8.18. The summed E-state index contributed by atoms with van der Waals surface area (Å²) in [6.07, 6.45) is 0. The Hall–Kier alpha value is -3.26. The highest BCUT2D eigenvalue weighted by Crippen LogP contribution is 2.26. The fraction of sp³-hybridized carbons (Fsp3) is 0.105. The molecule has 0 aliphatic heterocycles. The van der Waals surface area contributed by atoms with Gasteiger partial charge in [-0.1, -0.05) is 18.2 Å². The van der Waals surface area contributed by atoms with Crippen molar-refractivity contribution in [1.82, 2.24) is 14.6 Å². The lowest BCUT2D eigenvalue weighted by Crippen LogP contribution is -2.21. The van der Waals surface area contributed by atoms with Crippen LogP contribution in [0.5, 0.6) is 5.75 Å². The minimum atomic E-state index is -0.347. The van der Waals surface area contributed by atoms with E-state index in [-0.39, 0.29) is 24.3 Å². The Morgan fingerprint density at radius 3 is 2.78 bits per heavy atom. The van der Waals surface area contributed by atoms with E-state index in [0.717, 1.165) is 16.8 Å². The molecule has 0 radical (unpaired) electrons. The standard InChI is InChI=1S/C19H15FN4O2S/c1-12-4-2-3-5-16(12)26-10-17(25)21-18-22-19-24(23-18)15(11-27-19)13-6-8-14(20)9-7-13/h2-9,11H,10H2,1H3,(H,21,23,25). The molecule has 0 aliphatic carbocycles. The number of hydrogen-bond acceptors (Lipinski definition) is 5. The molecule has 4 rings (SSSR count). The van der Waals surface area contributed by atoms with Crippen LogP contribution in [0.4, 0.5) is 10.3 Å². The molecular weight excluding hydrogens is 367 g/mol. The zero-order valence-corrected chi connectivity index (χ0v) is 15.2. The molecule has 2 heterocycles. The Bertz CT molecular complexity index is 1100. The molecule has 0 saturated carbocycles. The van der Waals surface area contributed by atoms with E-state index in [1.807, 2.05) is 36.6 Å². The van der Waals surface area contributed by atoms with Gasteiger partial charge in [-0.15, -0.1) is 16.4 Å². The number of nitrogens with one attached hydrogen (secondary N) is 1. The first-order valence-corrected chi connectivity index (χ1v) is 9.06. The number of nitrogens with zero attached hydrogens (tertiary/aromatic N) is 3.